The van der Waals surface area contributed by atoms with Gasteiger partial charge in [-0.15, -0.1) is 0 Å². The quantitative estimate of drug-likeness (QED) is 0.636. The van der Waals surface area contributed by atoms with Crippen LogP contribution in [0.25, 0.3) is 5.69 Å². The van der Waals surface area contributed by atoms with Crippen molar-refractivity contribution in [3.63, 3.8) is 0 Å². The molecular formula is C20H18ClF3N4O. The summed E-state index contributed by atoms with van der Waals surface area (Å²) < 4.78 is 40.1. The Kier molecular flexibility index (Phi) is 6.12. The number of hydrogen-bond acceptors (Lipinski definition) is 2. The number of halogens is 4. The van der Waals surface area contributed by atoms with Gasteiger partial charge in [-0.25, -0.2) is 9.48 Å². The Labute approximate surface area is 170 Å². The van der Waals surface area contributed by atoms with E-state index in [0.717, 1.165) is 23.4 Å². The highest BCUT2D eigenvalue weighted by Crippen LogP contribution is 2.29. The third kappa shape index (κ3) is 5.51. The molecular weight excluding hydrogens is 405 g/mol. The van der Waals surface area contributed by atoms with E-state index in [1.165, 1.54) is 18.0 Å². The van der Waals surface area contributed by atoms with E-state index in [0.29, 0.717) is 10.6 Å². The first-order chi connectivity index (χ1) is 13.7. The number of alkyl halides is 3. The van der Waals surface area contributed by atoms with Gasteiger partial charge in [-0.1, -0.05) is 23.7 Å². The fraction of sp³-hybridized carbons (Fsp3) is 0.200. The highest BCUT2D eigenvalue weighted by Gasteiger charge is 2.30. The number of urea groups is 1. The minimum atomic E-state index is -4.42. The van der Waals surface area contributed by atoms with Crippen molar-refractivity contribution >= 4 is 17.6 Å². The van der Waals surface area contributed by atoms with E-state index in [1.807, 2.05) is 12.1 Å². The third-order valence-corrected chi connectivity index (χ3v) is 4.44. The maximum atomic E-state index is 12.8. The van der Waals surface area contributed by atoms with Crippen molar-refractivity contribution in [3.8, 4) is 5.69 Å². The van der Waals surface area contributed by atoms with Crippen LogP contribution in [0.5, 0.6) is 0 Å². The van der Waals surface area contributed by atoms with E-state index in [9.17, 15) is 18.0 Å². The number of carbonyl (C=O) groups is 1. The zero-order valence-corrected chi connectivity index (χ0v) is 16.2. The van der Waals surface area contributed by atoms with E-state index < -0.39 is 17.8 Å². The van der Waals surface area contributed by atoms with Gasteiger partial charge in [0.1, 0.15) is 0 Å². The SMILES string of the molecule is CN(Cc1cccc(C(F)(F)F)c1)C(=O)NCc1cnn(-c2ccc(Cl)cc2)c1. The molecule has 5 nitrogen and oxygen atoms in total. The Bertz CT molecular complexity index is 986. The fourth-order valence-corrected chi connectivity index (χ4v) is 2.82. The lowest BCUT2D eigenvalue weighted by Gasteiger charge is -2.18. The fourth-order valence-electron chi connectivity index (χ4n) is 2.69. The van der Waals surface area contributed by atoms with Crippen LogP contribution in [0, 0.1) is 0 Å². The number of amides is 2. The Morgan fingerprint density at radius 3 is 2.59 bits per heavy atom. The monoisotopic (exact) mass is 422 g/mol. The van der Waals surface area contributed by atoms with Crippen LogP contribution in [0.4, 0.5) is 18.0 Å². The van der Waals surface area contributed by atoms with E-state index in [-0.39, 0.29) is 13.1 Å². The van der Waals surface area contributed by atoms with Gasteiger partial charge in [0.2, 0.25) is 0 Å². The van der Waals surface area contributed by atoms with Gasteiger partial charge in [-0.2, -0.15) is 18.3 Å². The van der Waals surface area contributed by atoms with Crippen LogP contribution in [0.2, 0.25) is 5.02 Å². The normalized spacial score (nSPS) is 11.3. The average molecular weight is 423 g/mol. The number of nitrogens with one attached hydrogen (secondary N) is 1. The Hall–Kier alpha value is -3.00. The molecule has 0 fully saturated rings. The molecule has 2 amide bonds. The Morgan fingerprint density at radius 1 is 1.17 bits per heavy atom. The molecule has 0 bridgehead atoms. The van der Waals surface area contributed by atoms with Crippen molar-refractivity contribution < 1.29 is 18.0 Å². The number of hydrogen-bond donors (Lipinski definition) is 1. The zero-order valence-electron chi connectivity index (χ0n) is 15.4. The van der Waals surface area contributed by atoms with Crippen LogP contribution in [0.1, 0.15) is 16.7 Å². The van der Waals surface area contributed by atoms with Crippen molar-refractivity contribution in [2.45, 2.75) is 19.3 Å². The molecule has 2 aromatic carbocycles. The summed E-state index contributed by atoms with van der Waals surface area (Å²) in [6.07, 6.45) is -1.01. The van der Waals surface area contributed by atoms with Crippen LogP contribution in [-0.4, -0.2) is 27.8 Å². The second-order valence-electron chi connectivity index (χ2n) is 6.48. The van der Waals surface area contributed by atoms with Gasteiger partial charge in [-0.05, 0) is 42.0 Å². The molecule has 0 radical (unpaired) electrons. The average Bonchev–Trinajstić information content (AvgIpc) is 3.15. The van der Waals surface area contributed by atoms with Crippen molar-refractivity contribution in [1.82, 2.24) is 20.0 Å². The highest BCUT2D eigenvalue weighted by molar-refractivity contribution is 6.30. The van der Waals surface area contributed by atoms with Gasteiger partial charge in [0.25, 0.3) is 0 Å². The third-order valence-electron chi connectivity index (χ3n) is 4.19. The molecule has 0 aliphatic carbocycles. The van der Waals surface area contributed by atoms with Gasteiger partial charge in [-0.3, -0.25) is 0 Å². The van der Waals surface area contributed by atoms with Crippen LogP contribution in [0.3, 0.4) is 0 Å². The van der Waals surface area contributed by atoms with Gasteiger partial charge in [0.05, 0.1) is 17.4 Å². The first-order valence-electron chi connectivity index (χ1n) is 8.67. The van der Waals surface area contributed by atoms with E-state index >= 15 is 0 Å². The summed E-state index contributed by atoms with van der Waals surface area (Å²) in [5, 5.41) is 7.59. The molecule has 152 valence electrons. The van der Waals surface area contributed by atoms with E-state index in [2.05, 4.69) is 10.4 Å². The lowest BCUT2D eigenvalue weighted by Crippen LogP contribution is -2.36. The number of benzene rings is 2. The molecule has 1 N–H and O–H groups in total. The molecule has 0 aliphatic rings. The summed E-state index contributed by atoms with van der Waals surface area (Å²) in [7, 11) is 1.52. The van der Waals surface area contributed by atoms with Crippen LogP contribution < -0.4 is 5.32 Å². The van der Waals surface area contributed by atoms with Gasteiger partial charge < -0.3 is 10.2 Å². The maximum absolute atomic E-state index is 12.8. The first-order valence-corrected chi connectivity index (χ1v) is 9.05. The smallest absolute Gasteiger partial charge is 0.334 e. The predicted octanol–water partition coefficient (Wildman–Crippen LogP) is 4.89. The molecule has 0 aliphatic heterocycles. The molecule has 1 aromatic heterocycles. The standard InChI is InChI=1S/C20H18ClF3N4O/c1-27(12-14-3-2-4-16(9-14)20(22,23)24)19(29)25-10-15-11-26-28(13-15)18-7-5-17(21)6-8-18/h2-9,11,13H,10,12H2,1H3,(H,25,29). The molecule has 0 saturated carbocycles. The van der Waals surface area contributed by atoms with Crippen molar-refractivity contribution in [2.24, 2.45) is 0 Å². The summed E-state index contributed by atoms with van der Waals surface area (Å²) >= 11 is 5.87. The van der Waals surface area contributed by atoms with Crippen molar-refractivity contribution in [2.75, 3.05) is 7.05 Å². The van der Waals surface area contributed by atoms with Crippen LogP contribution >= 0.6 is 11.6 Å². The van der Waals surface area contributed by atoms with Crippen molar-refractivity contribution in [1.29, 1.82) is 0 Å². The molecule has 3 aromatic rings. The number of rotatable bonds is 5. The molecule has 9 heteroatoms. The number of carbonyl (C=O) groups excluding carboxylic acids is 1. The Balaban J connectivity index is 1.56. The summed E-state index contributed by atoms with van der Waals surface area (Å²) in [6.45, 7) is 0.291. The first kappa shape index (κ1) is 20.7. The maximum Gasteiger partial charge on any atom is 0.416 e. The van der Waals surface area contributed by atoms with E-state index in [4.69, 9.17) is 11.6 Å². The minimum Gasteiger partial charge on any atom is -0.334 e. The molecule has 3 rings (SSSR count). The van der Waals surface area contributed by atoms with Crippen LogP contribution in [0.15, 0.2) is 60.9 Å². The highest BCUT2D eigenvalue weighted by atomic mass is 35.5. The summed E-state index contributed by atoms with van der Waals surface area (Å²) in [4.78, 5) is 13.6. The number of nitrogens with zero attached hydrogens (tertiary/aromatic N) is 3. The molecule has 0 unspecified atom stereocenters. The second-order valence-corrected chi connectivity index (χ2v) is 6.92. The topological polar surface area (TPSA) is 50.2 Å². The van der Waals surface area contributed by atoms with Gasteiger partial charge >= 0.3 is 12.2 Å². The van der Waals surface area contributed by atoms with Crippen LogP contribution in [-0.2, 0) is 19.3 Å². The minimum absolute atomic E-state index is 0.0553. The zero-order chi connectivity index (χ0) is 21.0. The molecule has 29 heavy (non-hydrogen) atoms. The molecule has 0 atom stereocenters. The molecule has 0 saturated heterocycles. The predicted molar refractivity (Wildman–Crippen MR) is 104 cm³/mol. The summed E-state index contributed by atoms with van der Waals surface area (Å²) in [5.74, 6) is 0. The number of aromatic nitrogens is 2. The molecule has 1 heterocycles. The summed E-state index contributed by atoms with van der Waals surface area (Å²) in [5.41, 5.74) is 1.26. The van der Waals surface area contributed by atoms with Gasteiger partial charge in [0, 0.05) is 36.9 Å². The molecule has 0 spiro atoms. The van der Waals surface area contributed by atoms with Crippen molar-refractivity contribution in [3.05, 3.63) is 82.6 Å². The lowest BCUT2D eigenvalue weighted by atomic mass is 10.1. The Morgan fingerprint density at radius 2 is 1.90 bits per heavy atom. The second kappa shape index (κ2) is 8.57. The lowest BCUT2D eigenvalue weighted by molar-refractivity contribution is -0.137. The van der Waals surface area contributed by atoms with E-state index in [1.54, 1.807) is 35.3 Å². The van der Waals surface area contributed by atoms with Gasteiger partial charge in [0.15, 0.2) is 0 Å². The largest absolute Gasteiger partial charge is 0.416 e. The summed E-state index contributed by atoms with van der Waals surface area (Å²) in [6, 6.07) is 11.7.